The molecule has 1 fully saturated rings. The third-order valence-corrected chi connectivity index (χ3v) is 5.05. The summed E-state index contributed by atoms with van der Waals surface area (Å²) in [6, 6.07) is 4.91. The molecule has 0 aromatic heterocycles. The van der Waals surface area contributed by atoms with Gasteiger partial charge in [-0.3, -0.25) is 0 Å². The van der Waals surface area contributed by atoms with E-state index in [1.807, 2.05) is 6.07 Å². The van der Waals surface area contributed by atoms with Gasteiger partial charge >= 0.3 is 0 Å². The summed E-state index contributed by atoms with van der Waals surface area (Å²) in [5.74, 6) is -0.292. The summed E-state index contributed by atoms with van der Waals surface area (Å²) >= 11 is 3.25. The van der Waals surface area contributed by atoms with Gasteiger partial charge in [-0.25, -0.2) is 4.39 Å². The number of aliphatic hydroxyl groups excluding tert-OH is 1. The predicted octanol–water partition coefficient (Wildman–Crippen LogP) is 3.84. The van der Waals surface area contributed by atoms with Crippen molar-refractivity contribution in [1.82, 2.24) is 0 Å². The normalized spacial score (nSPS) is 20.2. The van der Waals surface area contributed by atoms with Crippen LogP contribution >= 0.6 is 15.9 Å². The van der Waals surface area contributed by atoms with E-state index in [1.165, 1.54) is 12.5 Å². The predicted molar refractivity (Wildman–Crippen MR) is 76.6 cm³/mol. The van der Waals surface area contributed by atoms with Crippen molar-refractivity contribution in [2.45, 2.75) is 50.2 Å². The first-order chi connectivity index (χ1) is 9.09. The van der Waals surface area contributed by atoms with E-state index in [2.05, 4.69) is 15.9 Å². The van der Waals surface area contributed by atoms with Crippen LogP contribution in [0.1, 0.15) is 37.7 Å². The van der Waals surface area contributed by atoms with Crippen LogP contribution in [0.3, 0.4) is 0 Å². The molecule has 1 aromatic carbocycles. The standard InChI is InChI=1S/C15H20BrFO2/c1-19-15(8-3-2-4-9-15)13(18)10-11-6-5-7-12(17)14(11)16/h5-7,13,18H,2-4,8-10H2,1H3. The zero-order valence-electron chi connectivity index (χ0n) is 11.2. The lowest BCUT2D eigenvalue weighted by atomic mass is 9.78. The zero-order chi connectivity index (χ0) is 13.9. The second kappa shape index (κ2) is 6.33. The number of halogens is 2. The highest BCUT2D eigenvalue weighted by Gasteiger charge is 2.39. The number of benzene rings is 1. The van der Waals surface area contributed by atoms with E-state index >= 15 is 0 Å². The Kier molecular flexibility index (Phi) is 4.98. The molecule has 1 atom stereocenters. The fourth-order valence-corrected chi connectivity index (χ4v) is 3.35. The van der Waals surface area contributed by atoms with Gasteiger partial charge in [0.25, 0.3) is 0 Å². The van der Waals surface area contributed by atoms with E-state index in [0.29, 0.717) is 10.9 Å². The van der Waals surface area contributed by atoms with Crippen LogP contribution in [0.15, 0.2) is 22.7 Å². The second-order valence-corrected chi connectivity index (χ2v) is 6.06. The van der Waals surface area contributed by atoms with Crippen LogP contribution in [0.2, 0.25) is 0 Å². The Labute approximate surface area is 122 Å². The molecule has 0 bridgehead atoms. The topological polar surface area (TPSA) is 29.5 Å². The Balaban J connectivity index is 2.15. The van der Waals surface area contributed by atoms with Crippen LogP contribution < -0.4 is 0 Å². The van der Waals surface area contributed by atoms with E-state index < -0.39 is 11.7 Å². The molecule has 19 heavy (non-hydrogen) atoms. The maximum Gasteiger partial charge on any atom is 0.137 e. The van der Waals surface area contributed by atoms with Gasteiger partial charge in [-0.1, -0.05) is 31.4 Å². The molecule has 0 aliphatic heterocycles. The Bertz CT molecular complexity index is 430. The van der Waals surface area contributed by atoms with E-state index in [1.54, 1.807) is 13.2 Å². The smallest absolute Gasteiger partial charge is 0.137 e. The molecular weight excluding hydrogens is 311 g/mol. The first-order valence-electron chi connectivity index (χ1n) is 6.75. The summed E-state index contributed by atoms with van der Waals surface area (Å²) in [4.78, 5) is 0. The lowest BCUT2D eigenvalue weighted by molar-refractivity contribution is -0.122. The van der Waals surface area contributed by atoms with E-state index in [-0.39, 0.29) is 5.82 Å². The van der Waals surface area contributed by atoms with Crippen molar-refractivity contribution in [1.29, 1.82) is 0 Å². The summed E-state index contributed by atoms with van der Waals surface area (Å²) < 4.78 is 19.6. The highest BCUT2D eigenvalue weighted by Crippen LogP contribution is 2.36. The third-order valence-electron chi connectivity index (χ3n) is 4.16. The van der Waals surface area contributed by atoms with Crippen molar-refractivity contribution < 1.29 is 14.2 Å². The SMILES string of the molecule is COC1(C(O)Cc2cccc(F)c2Br)CCCCC1. The fraction of sp³-hybridized carbons (Fsp3) is 0.600. The number of hydrogen-bond acceptors (Lipinski definition) is 2. The van der Waals surface area contributed by atoms with Crippen molar-refractivity contribution in [2.24, 2.45) is 0 Å². The number of ether oxygens (including phenoxy) is 1. The molecule has 0 heterocycles. The van der Waals surface area contributed by atoms with E-state index in [0.717, 1.165) is 31.2 Å². The van der Waals surface area contributed by atoms with Crippen LogP contribution in [0.4, 0.5) is 4.39 Å². The van der Waals surface area contributed by atoms with Gasteiger partial charge in [-0.15, -0.1) is 0 Å². The van der Waals surface area contributed by atoms with Gasteiger partial charge in [0.15, 0.2) is 0 Å². The average molecular weight is 331 g/mol. The molecule has 1 N–H and O–H groups in total. The Morgan fingerprint density at radius 3 is 2.68 bits per heavy atom. The lowest BCUT2D eigenvalue weighted by Crippen LogP contribution is -2.46. The number of methoxy groups -OCH3 is 1. The summed E-state index contributed by atoms with van der Waals surface area (Å²) in [6.45, 7) is 0. The molecule has 2 nitrogen and oxygen atoms in total. The summed E-state index contributed by atoms with van der Waals surface area (Å²) in [5.41, 5.74) is 0.318. The van der Waals surface area contributed by atoms with Gasteiger partial charge in [-0.2, -0.15) is 0 Å². The van der Waals surface area contributed by atoms with Gasteiger partial charge in [-0.05, 0) is 40.4 Å². The maximum absolute atomic E-state index is 13.5. The molecular formula is C15H20BrFO2. The molecule has 1 saturated carbocycles. The fourth-order valence-electron chi connectivity index (χ4n) is 2.92. The Morgan fingerprint density at radius 2 is 2.05 bits per heavy atom. The first kappa shape index (κ1) is 14.9. The summed E-state index contributed by atoms with van der Waals surface area (Å²) in [6.07, 6.45) is 4.91. The summed E-state index contributed by atoms with van der Waals surface area (Å²) in [7, 11) is 1.66. The number of aliphatic hydroxyl groups is 1. The molecule has 2 rings (SSSR count). The molecule has 0 saturated heterocycles. The van der Waals surface area contributed by atoms with Gasteiger partial charge in [0.1, 0.15) is 5.82 Å². The van der Waals surface area contributed by atoms with Crippen molar-refractivity contribution in [3.63, 3.8) is 0 Å². The molecule has 1 unspecified atom stereocenters. The van der Waals surface area contributed by atoms with Crippen LogP contribution in [-0.2, 0) is 11.2 Å². The largest absolute Gasteiger partial charge is 0.390 e. The highest BCUT2D eigenvalue weighted by atomic mass is 79.9. The monoisotopic (exact) mass is 330 g/mol. The molecule has 0 amide bonds. The van der Waals surface area contributed by atoms with Gasteiger partial charge in [0, 0.05) is 13.5 Å². The minimum Gasteiger partial charge on any atom is -0.390 e. The van der Waals surface area contributed by atoms with Crippen molar-refractivity contribution in [3.8, 4) is 0 Å². The quantitative estimate of drug-likeness (QED) is 0.908. The Morgan fingerprint density at radius 1 is 1.37 bits per heavy atom. The summed E-state index contributed by atoms with van der Waals surface area (Å²) in [5, 5.41) is 10.5. The van der Waals surface area contributed by atoms with Crippen molar-refractivity contribution in [3.05, 3.63) is 34.1 Å². The van der Waals surface area contributed by atoms with Crippen molar-refractivity contribution >= 4 is 15.9 Å². The average Bonchev–Trinajstić information content (AvgIpc) is 2.44. The first-order valence-corrected chi connectivity index (χ1v) is 7.54. The molecule has 4 heteroatoms. The molecule has 0 spiro atoms. The number of hydrogen-bond donors (Lipinski definition) is 1. The molecule has 106 valence electrons. The van der Waals surface area contributed by atoms with Gasteiger partial charge in [0.05, 0.1) is 16.2 Å². The van der Waals surface area contributed by atoms with E-state index in [4.69, 9.17) is 4.74 Å². The minimum absolute atomic E-state index is 0.292. The van der Waals surface area contributed by atoms with Gasteiger partial charge < -0.3 is 9.84 Å². The Hall–Kier alpha value is -0.450. The zero-order valence-corrected chi connectivity index (χ0v) is 12.7. The molecule has 0 radical (unpaired) electrons. The van der Waals surface area contributed by atoms with Crippen LogP contribution in [-0.4, -0.2) is 23.9 Å². The minimum atomic E-state index is -0.601. The molecule has 1 aromatic rings. The van der Waals surface area contributed by atoms with E-state index in [9.17, 15) is 9.50 Å². The molecule has 1 aliphatic carbocycles. The maximum atomic E-state index is 13.5. The third kappa shape index (κ3) is 3.18. The van der Waals surface area contributed by atoms with Crippen LogP contribution in [0, 0.1) is 5.82 Å². The van der Waals surface area contributed by atoms with Crippen molar-refractivity contribution in [2.75, 3.05) is 7.11 Å². The molecule has 1 aliphatic rings. The van der Waals surface area contributed by atoms with Gasteiger partial charge in [0.2, 0.25) is 0 Å². The van der Waals surface area contributed by atoms with Crippen LogP contribution in [0.5, 0.6) is 0 Å². The highest BCUT2D eigenvalue weighted by molar-refractivity contribution is 9.10. The number of rotatable bonds is 4. The van der Waals surface area contributed by atoms with Crippen LogP contribution in [0.25, 0.3) is 0 Å². The lowest BCUT2D eigenvalue weighted by Gasteiger charge is -2.40. The second-order valence-electron chi connectivity index (χ2n) is 5.26.